The van der Waals surface area contributed by atoms with Gasteiger partial charge in [-0.25, -0.2) is 4.79 Å². The number of ether oxygens (including phenoxy) is 2. The van der Waals surface area contributed by atoms with Crippen LogP contribution in [0.5, 0.6) is 0 Å². The van der Waals surface area contributed by atoms with Gasteiger partial charge in [0.15, 0.2) is 0 Å². The summed E-state index contributed by atoms with van der Waals surface area (Å²) in [7, 11) is 1.33. The fourth-order valence-electron chi connectivity index (χ4n) is 1.78. The average Bonchev–Trinajstić information content (AvgIpc) is 2.51. The van der Waals surface area contributed by atoms with Gasteiger partial charge in [-0.15, -0.1) is 0 Å². The first-order chi connectivity index (χ1) is 8.83. The first-order valence-corrected chi connectivity index (χ1v) is 6.29. The number of amides is 1. The summed E-state index contributed by atoms with van der Waals surface area (Å²) in [6, 6.07) is -0.964. The van der Waals surface area contributed by atoms with E-state index in [0.29, 0.717) is 13.0 Å². The molecule has 0 aromatic heterocycles. The molecule has 1 heterocycles. The highest BCUT2D eigenvalue weighted by atomic mass is 16.6. The quantitative estimate of drug-likeness (QED) is 0.577. The first kappa shape index (κ1) is 15.5. The van der Waals surface area contributed by atoms with Gasteiger partial charge in [-0.2, -0.15) is 0 Å². The van der Waals surface area contributed by atoms with Crippen molar-refractivity contribution in [2.75, 3.05) is 13.7 Å². The molecule has 0 radical (unpaired) electrons. The molecule has 0 aromatic rings. The van der Waals surface area contributed by atoms with Crippen molar-refractivity contribution in [3.63, 3.8) is 0 Å². The van der Waals surface area contributed by atoms with Crippen LogP contribution in [0.3, 0.4) is 0 Å². The van der Waals surface area contributed by atoms with Crippen molar-refractivity contribution in [2.24, 2.45) is 0 Å². The lowest BCUT2D eigenvalue weighted by Crippen LogP contribution is -2.54. The van der Waals surface area contributed by atoms with Crippen LogP contribution < -0.4 is 10.6 Å². The van der Waals surface area contributed by atoms with Gasteiger partial charge < -0.3 is 14.8 Å². The molecule has 19 heavy (non-hydrogen) atoms. The third-order valence-electron chi connectivity index (χ3n) is 2.57. The minimum absolute atomic E-state index is 0.388. The van der Waals surface area contributed by atoms with E-state index in [1.165, 1.54) is 7.11 Å². The van der Waals surface area contributed by atoms with E-state index in [2.05, 4.69) is 10.6 Å². The monoisotopic (exact) mass is 270 g/mol. The summed E-state index contributed by atoms with van der Waals surface area (Å²) in [5.41, 5.74) is -0.571. The van der Waals surface area contributed by atoms with Crippen LogP contribution in [0.15, 0.2) is 12.2 Å². The zero-order valence-corrected chi connectivity index (χ0v) is 11.9. The molecule has 0 bridgehead atoms. The summed E-state index contributed by atoms with van der Waals surface area (Å²) in [5, 5.41) is 5.72. The molecule has 2 N–H and O–H groups in total. The Morgan fingerprint density at radius 3 is 2.58 bits per heavy atom. The maximum atomic E-state index is 11.8. The molecule has 0 aromatic carbocycles. The molecule has 1 amide bonds. The molecule has 6 nitrogen and oxygen atoms in total. The fourth-order valence-corrected chi connectivity index (χ4v) is 1.78. The van der Waals surface area contributed by atoms with E-state index in [4.69, 9.17) is 9.47 Å². The van der Waals surface area contributed by atoms with Crippen molar-refractivity contribution in [1.29, 1.82) is 0 Å². The Bertz CT molecular complexity index is 360. The molecule has 0 spiro atoms. The largest absolute Gasteiger partial charge is 0.468 e. The predicted molar refractivity (Wildman–Crippen MR) is 70.7 cm³/mol. The number of hydrogen-bond donors (Lipinski definition) is 2. The zero-order valence-electron chi connectivity index (χ0n) is 11.9. The lowest BCUT2D eigenvalue weighted by Gasteiger charge is -2.26. The van der Waals surface area contributed by atoms with Crippen molar-refractivity contribution in [1.82, 2.24) is 10.6 Å². The number of hydrogen-bond acceptors (Lipinski definition) is 5. The number of alkyl carbamates (subject to hydrolysis) is 1. The highest BCUT2D eigenvalue weighted by molar-refractivity contribution is 5.78. The zero-order chi connectivity index (χ0) is 14.5. The summed E-state index contributed by atoms with van der Waals surface area (Å²) < 4.78 is 9.93. The van der Waals surface area contributed by atoms with E-state index < -0.39 is 23.7 Å². The topological polar surface area (TPSA) is 76.7 Å². The second kappa shape index (κ2) is 6.56. The van der Waals surface area contributed by atoms with Gasteiger partial charge in [0, 0.05) is 6.54 Å². The molecule has 0 saturated heterocycles. The van der Waals surface area contributed by atoms with Gasteiger partial charge >= 0.3 is 12.1 Å². The molecular weight excluding hydrogens is 248 g/mol. The Balaban J connectivity index is 2.67. The Hall–Kier alpha value is -1.56. The summed E-state index contributed by atoms with van der Waals surface area (Å²) in [6.07, 6.45) is 3.83. The number of methoxy groups -OCH3 is 1. The number of carbonyl (C=O) groups is 2. The highest BCUT2D eigenvalue weighted by Gasteiger charge is 2.31. The molecule has 6 heteroatoms. The number of rotatable bonds is 2. The van der Waals surface area contributed by atoms with E-state index >= 15 is 0 Å². The second-order valence-corrected chi connectivity index (χ2v) is 5.37. The molecule has 1 aliphatic heterocycles. The van der Waals surface area contributed by atoms with Crippen LogP contribution >= 0.6 is 0 Å². The highest BCUT2D eigenvalue weighted by Crippen LogP contribution is 2.10. The fraction of sp³-hybridized carbons (Fsp3) is 0.692. The number of esters is 1. The first-order valence-electron chi connectivity index (χ1n) is 6.29. The molecule has 108 valence electrons. The van der Waals surface area contributed by atoms with Crippen LogP contribution in [0.1, 0.15) is 27.2 Å². The average molecular weight is 270 g/mol. The van der Waals surface area contributed by atoms with Crippen LogP contribution in [0.25, 0.3) is 0 Å². The number of carbonyl (C=O) groups excluding carboxylic acids is 2. The van der Waals surface area contributed by atoms with Crippen LogP contribution in [0.4, 0.5) is 4.79 Å². The van der Waals surface area contributed by atoms with E-state index in [0.717, 1.165) is 0 Å². The molecule has 2 unspecified atom stereocenters. The maximum Gasteiger partial charge on any atom is 0.407 e. The Morgan fingerprint density at radius 2 is 2.00 bits per heavy atom. The van der Waals surface area contributed by atoms with Gasteiger partial charge in [-0.1, -0.05) is 12.2 Å². The van der Waals surface area contributed by atoms with E-state index in [1.807, 2.05) is 12.2 Å². The SMILES string of the molecule is COC(=O)C1NCC=CCC1NC(=O)OC(C)(C)C. The van der Waals surface area contributed by atoms with Gasteiger partial charge in [0.2, 0.25) is 0 Å². The Morgan fingerprint density at radius 1 is 1.32 bits per heavy atom. The standard InChI is InChI=1S/C13H22N2O4/c1-13(2,3)19-12(17)15-9-7-5-6-8-14-10(9)11(16)18-4/h5-6,9-10,14H,7-8H2,1-4H3,(H,15,17). The lowest BCUT2D eigenvalue weighted by atomic mass is 10.1. The van der Waals surface area contributed by atoms with Crippen LogP contribution in [-0.2, 0) is 14.3 Å². The van der Waals surface area contributed by atoms with Gasteiger partial charge in [-0.05, 0) is 27.2 Å². The van der Waals surface area contributed by atoms with Crippen molar-refractivity contribution in [3.8, 4) is 0 Å². The second-order valence-electron chi connectivity index (χ2n) is 5.37. The molecule has 1 rings (SSSR count). The van der Waals surface area contributed by atoms with Crippen molar-refractivity contribution < 1.29 is 19.1 Å². The Labute approximate surface area is 113 Å². The molecule has 0 fully saturated rings. The molecule has 0 saturated carbocycles. The maximum absolute atomic E-state index is 11.8. The Kier molecular flexibility index (Phi) is 5.35. The van der Waals surface area contributed by atoms with E-state index in [1.54, 1.807) is 20.8 Å². The van der Waals surface area contributed by atoms with Gasteiger partial charge in [0.1, 0.15) is 11.6 Å². The minimum Gasteiger partial charge on any atom is -0.468 e. The van der Waals surface area contributed by atoms with Gasteiger partial charge in [-0.3, -0.25) is 10.1 Å². The van der Waals surface area contributed by atoms with Gasteiger partial charge in [0.25, 0.3) is 0 Å². The van der Waals surface area contributed by atoms with Crippen molar-refractivity contribution in [3.05, 3.63) is 12.2 Å². The van der Waals surface area contributed by atoms with Crippen LogP contribution in [0.2, 0.25) is 0 Å². The molecular formula is C13H22N2O4. The minimum atomic E-state index is -0.576. The summed E-state index contributed by atoms with van der Waals surface area (Å²) in [6.45, 7) is 5.92. The van der Waals surface area contributed by atoms with Crippen molar-refractivity contribution >= 4 is 12.1 Å². The van der Waals surface area contributed by atoms with E-state index in [-0.39, 0.29) is 6.04 Å². The molecule has 2 atom stereocenters. The van der Waals surface area contributed by atoms with Crippen molar-refractivity contribution in [2.45, 2.75) is 44.9 Å². The third-order valence-corrected chi connectivity index (χ3v) is 2.57. The van der Waals surface area contributed by atoms with E-state index in [9.17, 15) is 9.59 Å². The lowest BCUT2D eigenvalue weighted by molar-refractivity contribution is -0.143. The van der Waals surface area contributed by atoms with Gasteiger partial charge in [0.05, 0.1) is 13.2 Å². The predicted octanol–water partition coefficient (Wildman–Crippen LogP) is 0.971. The summed E-state index contributed by atoms with van der Waals surface area (Å²) in [5.74, 6) is -0.398. The third kappa shape index (κ3) is 5.30. The summed E-state index contributed by atoms with van der Waals surface area (Å²) >= 11 is 0. The molecule has 1 aliphatic rings. The summed E-state index contributed by atoms with van der Waals surface area (Å²) in [4.78, 5) is 23.5. The normalized spacial score (nSPS) is 23.4. The smallest absolute Gasteiger partial charge is 0.407 e. The number of nitrogens with one attached hydrogen (secondary N) is 2. The van der Waals surface area contributed by atoms with Crippen LogP contribution in [0, 0.1) is 0 Å². The van der Waals surface area contributed by atoms with Crippen LogP contribution in [-0.4, -0.2) is 43.4 Å². The molecule has 0 aliphatic carbocycles.